The van der Waals surface area contributed by atoms with E-state index >= 15 is 0 Å². The van der Waals surface area contributed by atoms with Gasteiger partial charge in [0, 0.05) is 16.9 Å². The standard InChI is InChI=1S/C58H41N/c1-3-16-42(17-4-1)43-30-32-44(33-31-43)45-34-38-49(39-35-45)59(50-40-36-48(37-41-50)52-28-15-21-47-20-7-8-22-51(47)52)58-29-14-13-27-57(58)56-26-12-11-25-55(56)54-24-10-9-23-53(54)46-18-5-2-6-19-46/h1-41H/i36D,37D,40D,41D. The van der Waals surface area contributed by atoms with E-state index in [2.05, 4.69) is 121 Å². The fraction of sp³-hybridized carbons (Fsp3) is 0. The van der Waals surface area contributed by atoms with E-state index in [1.807, 2.05) is 108 Å². The summed E-state index contributed by atoms with van der Waals surface area (Å²) in [5, 5.41) is 1.84. The summed E-state index contributed by atoms with van der Waals surface area (Å²) in [4.78, 5) is 1.91. The van der Waals surface area contributed by atoms with Gasteiger partial charge >= 0.3 is 0 Å². The Morgan fingerprint density at radius 1 is 0.254 bits per heavy atom. The lowest BCUT2D eigenvalue weighted by molar-refractivity contribution is 1.28. The second-order valence-electron chi connectivity index (χ2n) is 14.6. The summed E-state index contributed by atoms with van der Waals surface area (Å²) >= 11 is 0. The van der Waals surface area contributed by atoms with Crippen molar-refractivity contribution in [2.24, 2.45) is 0 Å². The summed E-state index contributed by atoms with van der Waals surface area (Å²) in [6.45, 7) is 0. The molecule has 0 unspecified atom stereocenters. The molecule has 0 atom stereocenters. The number of hydrogen-bond acceptors (Lipinski definition) is 1. The molecule has 0 fully saturated rings. The molecular weight excluding hydrogens is 711 g/mol. The van der Waals surface area contributed by atoms with Gasteiger partial charge in [-0.25, -0.2) is 0 Å². The van der Waals surface area contributed by atoms with Gasteiger partial charge in [-0.2, -0.15) is 0 Å². The minimum absolute atomic E-state index is 0.0999. The molecule has 0 aromatic heterocycles. The second-order valence-corrected chi connectivity index (χ2v) is 14.6. The molecule has 0 amide bonds. The van der Waals surface area contributed by atoms with Crippen molar-refractivity contribution in [2.45, 2.75) is 0 Å². The summed E-state index contributed by atoms with van der Waals surface area (Å²) in [6.07, 6.45) is 0. The Morgan fingerprint density at radius 3 is 1.32 bits per heavy atom. The normalized spacial score (nSPS) is 12.0. The van der Waals surface area contributed by atoms with Crippen LogP contribution in [0.4, 0.5) is 17.1 Å². The van der Waals surface area contributed by atoms with Gasteiger partial charge in [-0.05, 0) is 102 Å². The first-order valence-corrected chi connectivity index (χ1v) is 19.9. The maximum absolute atomic E-state index is 9.77. The van der Waals surface area contributed by atoms with Crippen LogP contribution in [0.1, 0.15) is 5.48 Å². The fourth-order valence-corrected chi connectivity index (χ4v) is 8.11. The average molecular weight is 756 g/mol. The Hall–Kier alpha value is -7.74. The number of anilines is 3. The first kappa shape index (κ1) is 31.4. The second kappa shape index (κ2) is 16.0. The van der Waals surface area contributed by atoms with Crippen LogP contribution in [0.5, 0.6) is 0 Å². The van der Waals surface area contributed by atoms with Crippen LogP contribution in [0.15, 0.2) is 249 Å². The maximum Gasteiger partial charge on any atom is 0.0645 e. The molecule has 0 saturated carbocycles. The van der Waals surface area contributed by atoms with Crippen molar-refractivity contribution in [2.75, 3.05) is 4.90 Å². The third-order valence-electron chi connectivity index (χ3n) is 11.0. The molecule has 10 aromatic rings. The highest BCUT2D eigenvalue weighted by atomic mass is 15.1. The first-order valence-electron chi connectivity index (χ1n) is 21.9. The van der Waals surface area contributed by atoms with Crippen molar-refractivity contribution in [3.05, 3.63) is 249 Å². The van der Waals surface area contributed by atoms with Crippen LogP contribution in [0.3, 0.4) is 0 Å². The maximum atomic E-state index is 9.77. The number of para-hydroxylation sites is 1. The Labute approximate surface area is 352 Å². The lowest BCUT2D eigenvalue weighted by atomic mass is 9.88. The van der Waals surface area contributed by atoms with Gasteiger partial charge in [-0.15, -0.1) is 0 Å². The van der Waals surface area contributed by atoms with Crippen molar-refractivity contribution >= 4 is 27.8 Å². The number of hydrogen-bond donors (Lipinski definition) is 0. The molecule has 0 heterocycles. The SMILES string of the molecule is [2H]c1c([2H])c(N(c2ccc(-c3ccc(-c4ccccc4)cc3)cc2)c2ccccc2-c2ccccc2-c2ccccc2-c2ccccc2)c([2H])c([2H])c1-c1cccc2ccccc12. The third kappa shape index (κ3) is 7.12. The minimum Gasteiger partial charge on any atom is -0.310 e. The predicted molar refractivity (Wildman–Crippen MR) is 251 cm³/mol. The van der Waals surface area contributed by atoms with Gasteiger partial charge in [-0.3, -0.25) is 0 Å². The van der Waals surface area contributed by atoms with Crippen LogP contribution in [0, 0.1) is 0 Å². The van der Waals surface area contributed by atoms with Gasteiger partial charge in [0.1, 0.15) is 0 Å². The lowest BCUT2D eigenvalue weighted by Crippen LogP contribution is -2.11. The van der Waals surface area contributed by atoms with E-state index in [4.69, 9.17) is 0 Å². The Bertz CT molecular complexity index is 3220. The summed E-state index contributed by atoms with van der Waals surface area (Å²) < 4.78 is 38.7. The molecule has 0 bridgehead atoms. The topological polar surface area (TPSA) is 3.24 Å². The van der Waals surface area contributed by atoms with Crippen LogP contribution >= 0.6 is 0 Å². The minimum atomic E-state index is -0.128. The van der Waals surface area contributed by atoms with Crippen LogP contribution in [0.2, 0.25) is 0 Å². The molecule has 0 radical (unpaired) electrons. The fourth-order valence-electron chi connectivity index (χ4n) is 8.11. The van der Waals surface area contributed by atoms with E-state index in [1.54, 1.807) is 0 Å². The Morgan fingerprint density at radius 2 is 0.678 bits per heavy atom. The molecule has 10 rings (SSSR count). The van der Waals surface area contributed by atoms with E-state index < -0.39 is 0 Å². The lowest BCUT2D eigenvalue weighted by Gasteiger charge is -2.29. The van der Waals surface area contributed by atoms with Crippen molar-refractivity contribution in [1.82, 2.24) is 0 Å². The molecular formula is C58H41N. The molecule has 59 heavy (non-hydrogen) atoms. The van der Waals surface area contributed by atoms with Crippen molar-refractivity contribution < 1.29 is 5.48 Å². The molecule has 10 aromatic carbocycles. The van der Waals surface area contributed by atoms with Gasteiger partial charge in [0.05, 0.1) is 11.2 Å². The highest BCUT2D eigenvalue weighted by Crippen LogP contribution is 2.46. The van der Waals surface area contributed by atoms with Crippen LogP contribution < -0.4 is 4.90 Å². The predicted octanol–water partition coefficient (Wildman–Crippen LogP) is 16.3. The number of benzene rings is 10. The summed E-state index contributed by atoms with van der Waals surface area (Å²) in [6, 6.07) is 75.5. The first-order chi connectivity index (χ1) is 31.0. The highest BCUT2D eigenvalue weighted by Gasteiger charge is 2.20. The molecule has 0 N–H and O–H groups in total. The van der Waals surface area contributed by atoms with E-state index in [1.165, 1.54) is 0 Å². The average Bonchev–Trinajstić information content (AvgIpc) is 3.35. The van der Waals surface area contributed by atoms with Gasteiger partial charge in [0.15, 0.2) is 0 Å². The Balaban J connectivity index is 1.16. The molecule has 1 nitrogen and oxygen atoms in total. The van der Waals surface area contributed by atoms with Gasteiger partial charge < -0.3 is 4.90 Å². The molecule has 0 aliphatic carbocycles. The zero-order valence-electron chi connectivity index (χ0n) is 36.3. The summed E-state index contributed by atoms with van der Waals surface area (Å²) in [7, 11) is 0. The largest absolute Gasteiger partial charge is 0.310 e. The number of nitrogens with zero attached hydrogens (tertiary/aromatic N) is 1. The zero-order chi connectivity index (χ0) is 42.9. The monoisotopic (exact) mass is 755 g/mol. The van der Waals surface area contributed by atoms with Gasteiger partial charge in [0.25, 0.3) is 0 Å². The smallest absolute Gasteiger partial charge is 0.0645 e. The number of rotatable bonds is 9. The number of fused-ring (bicyclic) bond motifs is 1. The molecule has 278 valence electrons. The van der Waals surface area contributed by atoms with E-state index in [0.29, 0.717) is 11.3 Å². The van der Waals surface area contributed by atoms with Crippen molar-refractivity contribution in [1.29, 1.82) is 0 Å². The van der Waals surface area contributed by atoms with E-state index in [0.717, 1.165) is 72.1 Å². The summed E-state index contributed by atoms with van der Waals surface area (Å²) in [5.41, 5.74) is 13.1. The zero-order valence-corrected chi connectivity index (χ0v) is 32.3. The highest BCUT2D eigenvalue weighted by molar-refractivity contribution is 5.99. The third-order valence-corrected chi connectivity index (χ3v) is 11.0. The molecule has 0 aliphatic heterocycles. The Kier molecular flexibility index (Phi) is 8.51. The van der Waals surface area contributed by atoms with Gasteiger partial charge in [0.2, 0.25) is 0 Å². The van der Waals surface area contributed by atoms with Crippen LogP contribution in [-0.2, 0) is 0 Å². The molecule has 0 spiro atoms. The molecule has 1 heteroatoms. The van der Waals surface area contributed by atoms with Crippen molar-refractivity contribution in [3.8, 4) is 66.8 Å². The van der Waals surface area contributed by atoms with E-state index in [9.17, 15) is 5.48 Å². The quantitative estimate of drug-likeness (QED) is 0.142. The van der Waals surface area contributed by atoms with Gasteiger partial charge in [-0.1, -0.05) is 218 Å². The van der Waals surface area contributed by atoms with E-state index in [-0.39, 0.29) is 35.4 Å². The summed E-state index contributed by atoms with van der Waals surface area (Å²) in [5.74, 6) is 0. The molecule has 0 aliphatic rings. The van der Waals surface area contributed by atoms with Crippen molar-refractivity contribution in [3.63, 3.8) is 0 Å². The van der Waals surface area contributed by atoms with Crippen LogP contribution in [0.25, 0.3) is 77.5 Å². The van der Waals surface area contributed by atoms with Crippen LogP contribution in [-0.4, -0.2) is 0 Å². The molecule has 0 saturated heterocycles.